The molecule has 0 aliphatic carbocycles. The first-order valence-electron chi connectivity index (χ1n) is 11.1. The van der Waals surface area contributed by atoms with Crippen LogP contribution in [0.4, 0.5) is 0 Å². The highest BCUT2D eigenvalue weighted by Gasteiger charge is 2.34. The van der Waals surface area contributed by atoms with Crippen molar-refractivity contribution >= 4 is 23.7 Å². The third-order valence-electron chi connectivity index (χ3n) is 5.35. The molecular weight excluding hydrogens is 446 g/mol. The average Bonchev–Trinajstić information content (AvgIpc) is 3.21. The molecule has 1 amide bonds. The predicted octanol–water partition coefficient (Wildman–Crippen LogP) is 4.64. The lowest BCUT2D eigenvalue weighted by molar-refractivity contribution is -0.114. The van der Waals surface area contributed by atoms with Gasteiger partial charge in [-0.3, -0.25) is 10.2 Å². The van der Waals surface area contributed by atoms with Gasteiger partial charge in [-0.2, -0.15) is 4.99 Å². The fraction of sp³-hybridized carbons (Fsp3) is 0.222. The van der Waals surface area contributed by atoms with E-state index in [1.807, 2.05) is 37.3 Å². The molecule has 2 heterocycles. The summed E-state index contributed by atoms with van der Waals surface area (Å²) in [5.74, 6) is 2.13. The van der Waals surface area contributed by atoms with Crippen molar-refractivity contribution in [2.75, 3.05) is 20.3 Å². The molecule has 0 aromatic heterocycles. The standard InChI is InChI=1S/C27H27N3O5/c1-5-6-20-14-19(15-22-26(28)30-24(29-27(22)31)13-18(3)35-30)16-23(32-4)25(20)34-12-11-33-21-9-7-17(2)8-10-21/h5,7-10,13-16,28H,1,6,11-12H2,2-4H3/b22-15+,28-26?. The van der Waals surface area contributed by atoms with Crippen LogP contribution in [0.15, 0.2) is 71.5 Å². The number of hydrogen-bond donors (Lipinski definition) is 1. The predicted molar refractivity (Wildman–Crippen MR) is 134 cm³/mol. The van der Waals surface area contributed by atoms with E-state index in [4.69, 9.17) is 24.5 Å². The summed E-state index contributed by atoms with van der Waals surface area (Å²) >= 11 is 0. The zero-order valence-corrected chi connectivity index (χ0v) is 20.0. The molecule has 0 radical (unpaired) electrons. The normalized spacial score (nSPS) is 15.9. The van der Waals surface area contributed by atoms with Crippen LogP contribution in [0.5, 0.6) is 17.2 Å². The molecular formula is C27H27N3O5. The summed E-state index contributed by atoms with van der Waals surface area (Å²) in [6, 6.07) is 11.5. The number of hydrogen-bond acceptors (Lipinski definition) is 6. The number of ether oxygens (including phenoxy) is 3. The number of aliphatic imine (C=N–C) groups is 1. The van der Waals surface area contributed by atoms with Gasteiger partial charge in [0, 0.05) is 11.6 Å². The third-order valence-corrected chi connectivity index (χ3v) is 5.35. The Morgan fingerprint density at radius 3 is 2.60 bits per heavy atom. The molecule has 0 bridgehead atoms. The minimum atomic E-state index is -0.506. The van der Waals surface area contributed by atoms with Crippen LogP contribution in [0, 0.1) is 12.3 Å². The fourth-order valence-electron chi connectivity index (χ4n) is 3.69. The van der Waals surface area contributed by atoms with Gasteiger partial charge in [0.25, 0.3) is 5.91 Å². The van der Waals surface area contributed by atoms with Crippen LogP contribution in [-0.2, 0) is 16.1 Å². The molecule has 1 N–H and O–H groups in total. The number of amides is 1. The highest BCUT2D eigenvalue weighted by atomic mass is 16.7. The first-order chi connectivity index (χ1) is 16.9. The van der Waals surface area contributed by atoms with E-state index < -0.39 is 5.91 Å². The lowest BCUT2D eigenvalue weighted by atomic mass is 10.0. The topological polar surface area (TPSA) is 93.4 Å². The van der Waals surface area contributed by atoms with E-state index in [0.29, 0.717) is 48.3 Å². The number of benzene rings is 2. The molecule has 2 aromatic carbocycles. The zero-order chi connectivity index (χ0) is 24.9. The van der Waals surface area contributed by atoms with E-state index in [1.165, 1.54) is 10.6 Å². The molecule has 0 atom stereocenters. The number of allylic oxidation sites excluding steroid dienone is 2. The highest BCUT2D eigenvalue weighted by Crippen LogP contribution is 2.35. The van der Waals surface area contributed by atoms with Crippen LogP contribution in [0.25, 0.3) is 6.08 Å². The average molecular weight is 474 g/mol. The lowest BCUT2D eigenvalue weighted by Crippen LogP contribution is -2.38. The fourth-order valence-corrected chi connectivity index (χ4v) is 3.69. The van der Waals surface area contributed by atoms with E-state index in [1.54, 1.807) is 38.3 Å². The first kappa shape index (κ1) is 23.8. The molecule has 8 nitrogen and oxygen atoms in total. The summed E-state index contributed by atoms with van der Waals surface area (Å²) < 4.78 is 17.4. The van der Waals surface area contributed by atoms with Crippen LogP contribution in [0.2, 0.25) is 0 Å². The van der Waals surface area contributed by atoms with Gasteiger partial charge >= 0.3 is 0 Å². The van der Waals surface area contributed by atoms with Crippen LogP contribution in [-0.4, -0.2) is 43.0 Å². The van der Waals surface area contributed by atoms with Gasteiger partial charge in [-0.15, -0.1) is 11.6 Å². The molecule has 2 aliphatic heterocycles. The Labute approximate surface area is 204 Å². The van der Waals surface area contributed by atoms with Crippen LogP contribution < -0.4 is 14.2 Å². The minimum absolute atomic E-state index is 0.0779. The van der Waals surface area contributed by atoms with E-state index in [0.717, 1.165) is 11.3 Å². The van der Waals surface area contributed by atoms with Gasteiger partial charge in [0.15, 0.2) is 23.2 Å². The third kappa shape index (κ3) is 5.27. The molecule has 0 fully saturated rings. The van der Waals surface area contributed by atoms with E-state index in [-0.39, 0.29) is 11.4 Å². The molecule has 2 aliphatic rings. The summed E-state index contributed by atoms with van der Waals surface area (Å²) in [5.41, 5.74) is 2.77. The molecule has 35 heavy (non-hydrogen) atoms. The molecule has 2 aromatic rings. The largest absolute Gasteiger partial charge is 0.493 e. The summed E-state index contributed by atoms with van der Waals surface area (Å²) in [6.45, 7) is 8.27. The highest BCUT2D eigenvalue weighted by molar-refractivity contribution is 6.32. The van der Waals surface area contributed by atoms with Gasteiger partial charge in [0.1, 0.15) is 24.7 Å². The number of amidine groups is 2. The number of fused-ring (bicyclic) bond motifs is 1. The Hall–Kier alpha value is -4.33. The number of methoxy groups -OCH3 is 1. The van der Waals surface area contributed by atoms with Crippen molar-refractivity contribution in [3.8, 4) is 17.2 Å². The van der Waals surface area contributed by atoms with E-state index >= 15 is 0 Å². The van der Waals surface area contributed by atoms with Gasteiger partial charge in [-0.1, -0.05) is 23.8 Å². The number of carbonyl (C=O) groups is 1. The molecule has 0 saturated carbocycles. The van der Waals surface area contributed by atoms with Crippen molar-refractivity contribution in [3.63, 3.8) is 0 Å². The van der Waals surface area contributed by atoms with Crippen molar-refractivity contribution < 1.29 is 23.8 Å². The van der Waals surface area contributed by atoms with Crippen LogP contribution in [0.3, 0.4) is 0 Å². The zero-order valence-electron chi connectivity index (χ0n) is 20.0. The Morgan fingerprint density at radius 2 is 1.89 bits per heavy atom. The Morgan fingerprint density at radius 1 is 1.14 bits per heavy atom. The number of aryl methyl sites for hydroxylation is 1. The number of nitrogens with zero attached hydrogens (tertiary/aromatic N) is 2. The molecule has 4 rings (SSSR count). The quantitative estimate of drug-likeness (QED) is 0.324. The molecule has 0 spiro atoms. The number of carbonyl (C=O) groups excluding carboxylic acids is 1. The molecule has 0 saturated heterocycles. The molecule has 8 heteroatoms. The van der Waals surface area contributed by atoms with Crippen LogP contribution >= 0.6 is 0 Å². The minimum Gasteiger partial charge on any atom is -0.493 e. The van der Waals surface area contributed by atoms with Crippen molar-refractivity contribution in [3.05, 3.63) is 83.2 Å². The Bertz CT molecular complexity index is 1260. The summed E-state index contributed by atoms with van der Waals surface area (Å²) in [7, 11) is 1.55. The maximum atomic E-state index is 12.6. The summed E-state index contributed by atoms with van der Waals surface area (Å²) in [6.07, 6.45) is 5.50. The second-order valence-corrected chi connectivity index (χ2v) is 8.04. The Balaban J connectivity index is 1.54. The molecule has 0 unspecified atom stereocenters. The second-order valence-electron chi connectivity index (χ2n) is 8.04. The van der Waals surface area contributed by atoms with Crippen molar-refractivity contribution in [2.24, 2.45) is 4.99 Å². The summed E-state index contributed by atoms with van der Waals surface area (Å²) in [4.78, 5) is 22.1. The van der Waals surface area contributed by atoms with Crippen molar-refractivity contribution in [1.82, 2.24) is 5.06 Å². The van der Waals surface area contributed by atoms with Gasteiger partial charge in [-0.25, -0.2) is 0 Å². The van der Waals surface area contributed by atoms with Crippen molar-refractivity contribution in [2.45, 2.75) is 20.3 Å². The van der Waals surface area contributed by atoms with Gasteiger partial charge in [0.2, 0.25) is 0 Å². The summed E-state index contributed by atoms with van der Waals surface area (Å²) in [5, 5.41) is 9.66. The molecule has 180 valence electrons. The van der Waals surface area contributed by atoms with Crippen molar-refractivity contribution in [1.29, 1.82) is 5.41 Å². The number of nitrogens with one attached hydrogen (secondary N) is 1. The van der Waals surface area contributed by atoms with Gasteiger partial charge in [0.05, 0.1) is 12.7 Å². The van der Waals surface area contributed by atoms with Gasteiger partial charge in [-0.05, 0) is 56.2 Å². The second kappa shape index (κ2) is 10.3. The van der Waals surface area contributed by atoms with Gasteiger partial charge < -0.3 is 19.0 Å². The lowest BCUT2D eigenvalue weighted by Gasteiger charge is -2.23. The number of hydroxylamine groups is 2. The maximum Gasteiger partial charge on any atom is 0.282 e. The van der Waals surface area contributed by atoms with Crippen LogP contribution in [0.1, 0.15) is 23.6 Å². The number of rotatable bonds is 9. The van der Waals surface area contributed by atoms with E-state index in [2.05, 4.69) is 11.6 Å². The maximum absolute atomic E-state index is 12.6. The monoisotopic (exact) mass is 473 g/mol. The Kier molecular flexibility index (Phi) is 7.01. The SMILES string of the molecule is C=CCc1cc(/C=C2\C(=N)N3OC(C)=CC3=NC2=O)cc(OC)c1OCCOc1ccc(C)cc1. The smallest absolute Gasteiger partial charge is 0.282 e. The van der Waals surface area contributed by atoms with E-state index in [9.17, 15) is 4.79 Å². The first-order valence-corrected chi connectivity index (χ1v) is 11.1.